The fraction of sp³-hybridized carbons (Fsp3) is 0.350. The summed E-state index contributed by atoms with van der Waals surface area (Å²) in [5, 5.41) is 0. The molecule has 4 nitrogen and oxygen atoms in total. The van der Waals surface area contributed by atoms with Crippen LogP contribution in [0.3, 0.4) is 0 Å². The summed E-state index contributed by atoms with van der Waals surface area (Å²) in [6.45, 7) is 5.72. The van der Waals surface area contributed by atoms with E-state index in [2.05, 4.69) is 24.0 Å². The van der Waals surface area contributed by atoms with E-state index in [0.29, 0.717) is 19.8 Å². The molecule has 4 heteroatoms. The molecule has 0 amide bonds. The minimum atomic E-state index is -0.208. The molecule has 2 aromatic rings. The average molecular weight is 327 g/mol. The van der Waals surface area contributed by atoms with Crippen LogP contribution in [0.15, 0.2) is 60.7 Å². The van der Waals surface area contributed by atoms with E-state index in [-0.39, 0.29) is 18.6 Å². The molecule has 1 unspecified atom stereocenters. The lowest BCUT2D eigenvalue weighted by atomic mass is 10.2. The van der Waals surface area contributed by atoms with Gasteiger partial charge in [-0.05, 0) is 31.5 Å². The molecule has 0 saturated carbocycles. The first-order chi connectivity index (χ1) is 11.7. The van der Waals surface area contributed by atoms with E-state index >= 15 is 0 Å². The molecular formula is C20H25NO3. The summed E-state index contributed by atoms with van der Waals surface area (Å²) in [6, 6.07) is 19.9. The van der Waals surface area contributed by atoms with Crippen LogP contribution in [-0.4, -0.2) is 36.7 Å². The lowest BCUT2D eigenvalue weighted by Crippen LogP contribution is -2.40. The van der Waals surface area contributed by atoms with Gasteiger partial charge < -0.3 is 9.47 Å². The molecule has 0 heterocycles. The summed E-state index contributed by atoms with van der Waals surface area (Å²) >= 11 is 0. The second kappa shape index (κ2) is 9.73. The quantitative estimate of drug-likeness (QED) is 0.661. The van der Waals surface area contributed by atoms with Gasteiger partial charge in [0.1, 0.15) is 12.4 Å². The Labute approximate surface area is 144 Å². The Hall–Kier alpha value is -2.33. The van der Waals surface area contributed by atoms with Crippen LogP contribution in [-0.2, 0) is 16.1 Å². The van der Waals surface area contributed by atoms with E-state index < -0.39 is 0 Å². The van der Waals surface area contributed by atoms with Gasteiger partial charge in [-0.1, -0.05) is 48.5 Å². The summed E-state index contributed by atoms with van der Waals surface area (Å²) in [6.07, 6.45) is 0. The Morgan fingerprint density at radius 1 is 1.04 bits per heavy atom. The molecule has 0 aliphatic heterocycles. The fourth-order valence-electron chi connectivity index (χ4n) is 2.40. The first kappa shape index (κ1) is 18.0. The van der Waals surface area contributed by atoms with E-state index in [1.54, 1.807) is 0 Å². The SMILES string of the molecule is CCOC(=O)CN(Cc1ccccc1)C(C)COc1ccccc1. The number of ether oxygens (including phenoxy) is 2. The molecule has 0 bridgehead atoms. The third-order valence-corrected chi connectivity index (χ3v) is 3.72. The monoisotopic (exact) mass is 327 g/mol. The first-order valence-corrected chi connectivity index (χ1v) is 8.30. The maximum absolute atomic E-state index is 11.9. The molecule has 0 fully saturated rings. The second-order valence-corrected chi connectivity index (χ2v) is 5.67. The van der Waals surface area contributed by atoms with E-state index in [9.17, 15) is 4.79 Å². The first-order valence-electron chi connectivity index (χ1n) is 8.30. The van der Waals surface area contributed by atoms with Crippen molar-refractivity contribution in [2.75, 3.05) is 19.8 Å². The van der Waals surface area contributed by atoms with Crippen LogP contribution in [0, 0.1) is 0 Å². The fourth-order valence-corrected chi connectivity index (χ4v) is 2.40. The molecule has 0 aliphatic carbocycles. The van der Waals surface area contributed by atoms with Crippen LogP contribution >= 0.6 is 0 Å². The minimum absolute atomic E-state index is 0.0785. The zero-order chi connectivity index (χ0) is 17.2. The van der Waals surface area contributed by atoms with Gasteiger partial charge in [0.15, 0.2) is 0 Å². The van der Waals surface area contributed by atoms with Crippen LogP contribution in [0.5, 0.6) is 5.75 Å². The molecular weight excluding hydrogens is 302 g/mol. The van der Waals surface area contributed by atoms with Gasteiger partial charge in [-0.15, -0.1) is 0 Å². The Morgan fingerprint density at radius 2 is 1.67 bits per heavy atom. The van der Waals surface area contributed by atoms with Gasteiger partial charge in [-0.3, -0.25) is 9.69 Å². The van der Waals surface area contributed by atoms with Gasteiger partial charge in [-0.25, -0.2) is 0 Å². The zero-order valence-electron chi connectivity index (χ0n) is 14.4. The number of hydrogen-bond donors (Lipinski definition) is 0. The second-order valence-electron chi connectivity index (χ2n) is 5.67. The van der Waals surface area contributed by atoms with Crippen molar-refractivity contribution < 1.29 is 14.3 Å². The highest BCUT2D eigenvalue weighted by atomic mass is 16.5. The van der Waals surface area contributed by atoms with Gasteiger partial charge in [0, 0.05) is 12.6 Å². The Bertz CT molecular complexity index is 601. The highest BCUT2D eigenvalue weighted by Crippen LogP contribution is 2.12. The van der Waals surface area contributed by atoms with Gasteiger partial charge in [0.05, 0.1) is 13.2 Å². The van der Waals surface area contributed by atoms with Crippen LogP contribution in [0.4, 0.5) is 0 Å². The molecule has 0 N–H and O–H groups in total. The van der Waals surface area contributed by atoms with E-state index in [1.807, 2.05) is 55.5 Å². The molecule has 0 aliphatic rings. The maximum atomic E-state index is 11.9. The van der Waals surface area contributed by atoms with Crippen LogP contribution in [0.25, 0.3) is 0 Å². The highest BCUT2D eigenvalue weighted by molar-refractivity contribution is 5.71. The van der Waals surface area contributed by atoms with Crippen LogP contribution < -0.4 is 4.74 Å². The van der Waals surface area contributed by atoms with Crippen molar-refractivity contribution in [1.82, 2.24) is 4.90 Å². The number of carbonyl (C=O) groups is 1. The van der Waals surface area contributed by atoms with Gasteiger partial charge in [0.2, 0.25) is 0 Å². The normalized spacial score (nSPS) is 12.0. The Kier molecular flexibility index (Phi) is 7.30. The molecule has 0 aromatic heterocycles. The molecule has 128 valence electrons. The summed E-state index contributed by atoms with van der Waals surface area (Å²) < 4.78 is 10.9. The summed E-state index contributed by atoms with van der Waals surface area (Å²) in [7, 11) is 0. The highest BCUT2D eigenvalue weighted by Gasteiger charge is 2.19. The number of benzene rings is 2. The van der Waals surface area contributed by atoms with E-state index in [4.69, 9.17) is 9.47 Å². The van der Waals surface area contributed by atoms with Crippen LogP contribution in [0.1, 0.15) is 19.4 Å². The summed E-state index contributed by atoms with van der Waals surface area (Å²) in [5.74, 6) is 0.625. The van der Waals surface area contributed by atoms with Crippen molar-refractivity contribution in [1.29, 1.82) is 0 Å². The number of para-hydroxylation sites is 1. The Morgan fingerprint density at radius 3 is 2.29 bits per heavy atom. The third kappa shape index (κ3) is 6.05. The van der Waals surface area contributed by atoms with Crippen molar-refractivity contribution in [2.24, 2.45) is 0 Å². The molecule has 24 heavy (non-hydrogen) atoms. The molecule has 0 spiro atoms. The predicted octanol–water partition coefficient (Wildman–Crippen LogP) is 3.52. The molecule has 2 rings (SSSR count). The number of nitrogens with zero attached hydrogens (tertiary/aromatic N) is 1. The van der Waals surface area contributed by atoms with Crippen molar-refractivity contribution in [3.8, 4) is 5.75 Å². The van der Waals surface area contributed by atoms with E-state index in [0.717, 1.165) is 11.3 Å². The van der Waals surface area contributed by atoms with Crippen molar-refractivity contribution in [2.45, 2.75) is 26.4 Å². The number of esters is 1. The topological polar surface area (TPSA) is 38.8 Å². The van der Waals surface area contributed by atoms with Crippen molar-refractivity contribution >= 4 is 5.97 Å². The lowest BCUT2D eigenvalue weighted by molar-refractivity contribution is -0.145. The molecule has 0 radical (unpaired) electrons. The van der Waals surface area contributed by atoms with E-state index in [1.165, 1.54) is 0 Å². The van der Waals surface area contributed by atoms with Gasteiger partial charge >= 0.3 is 5.97 Å². The van der Waals surface area contributed by atoms with Gasteiger partial charge in [0.25, 0.3) is 0 Å². The Balaban J connectivity index is 1.98. The standard InChI is InChI=1S/C20H25NO3/c1-3-23-20(22)15-21(14-18-10-6-4-7-11-18)17(2)16-24-19-12-8-5-9-13-19/h4-13,17H,3,14-16H2,1-2H3. The molecule has 2 aromatic carbocycles. The summed E-state index contributed by atoms with van der Waals surface area (Å²) in [5.41, 5.74) is 1.16. The number of carbonyl (C=O) groups excluding carboxylic acids is 1. The maximum Gasteiger partial charge on any atom is 0.320 e. The number of rotatable bonds is 9. The summed E-state index contributed by atoms with van der Waals surface area (Å²) in [4.78, 5) is 14.0. The van der Waals surface area contributed by atoms with Crippen molar-refractivity contribution in [3.05, 3.63) is 66.2 Å². The van der Waals surface area contributed by atoms with Gasteiger partial charge in [-0.2, -0.15) is 0 Å². The molecule has 0 saturated heterocycles. The minimum Gasteiger partial charge on any atom is -0.492 e. The predicted molar refractivity (Wildman–Crippen MR) is 94.9 cm³/mol. The average Bonchev–Trinajstić information content (AvgIpc) is 2.61. The van der Waals surface area contributed by atoms with Crippen LogP contribution in [0.2, 0.25) is 0 Å². The smallest absolute Gasteiger partial charge is 0.320 e. The molecule has 1 atom stereocenters. The lowest BCUT2D eigenvalue weighted by Gasteiger charge is -2.28. The largest absolute Gasteiger partial charge is 0.492 e. The van der Waals surface area contributed by atoms with Crippen molar-refractivity contribution in [3.63, 3.8) is 0 Å². The number of hydrogen-bond acceptors (Lipinski definition) is 4. The zero-order valence-corrected chi connectivity index (χ0v) is 14.4. The third-order valence-electron chi connectivity index (χ3n) is 3.72.